The fourth-order valence-corrected chi connectivity index (χ4v) is 1.27. The molecule has 1 rings (SSSR count). The first-order valence-corrected chi connectivity index (χ1v) is 4.84. The number of hydrogen-bond donors (Lipinski definition) is 0. The predicted octanol–water partition coefficient (Wildman–Crippen LogP) is 3.05. The van der Waals surface area contributed by atoms with Crippen molar-refractivity contribution in [3.05, 3.63) is 23.8 Å². The van der Waals surface area contributed by atoms with Crippen molar-refractivity contribution in [2.24, 2.45) is 0 Å². The minimum absolute atomic E-state index is 0.00483. The molecule has 0 saturated heterocycles. The number of nitriles is 1. The average molecular weight is 245 g/mol. The first kappa shape index (κ1) is 13.2. The number of benzene rings is 1. The largest absolute Gasteiger partial charge is 0.573 e. The van der Waals surface area contributed by atoms with Crippen molar-refractivity contribution >= 4 is 0 Å². The first-order chi connectivity index (χ1) is 7.94. The van der Waals surface area contributed by atoms with Crippen LogP contribution in [0.15, 0.2) is 18.2 Å². The van der Waals surface area contributed by atoms with Crippen molar-refractivity contribution in [3.63, 3.8) is 0 Å². The molecule has 0 heterocycles. The number of ether oxygens (including phenoxy) is 2. The Morgan fingerprint density at radius 2 is 1.88 bits per heavy atom. The molecule has 0 saturated carbocycles. The van der Waals surface area contributed by atoms with Crippen LogP contribution in [0.1, 0.15) is 12.5 Å². The lowest BCUT2D eigenvalue weighted by atomic mass is 10.1. The summed E-state index contributed by atoms with van der Waals surface area (Å²) in [6.07, 6.45) is -4.76. The molecule has 0 aliphatic rings. The van der Waals surface area contributed by atoms with Gasteiger partial charge in [-0.3, -0.25) is 0 Å². The number of alkyl halides is 3. The summed E-state index contributed by atoms with van der Waals surface area (Å²) < 4.78 is 45.0. The molecule has 3 nitrogen and oxygen atoms in total. The molecule has 0 N–H and O–H groups in total. The molecule has 6 heteroatoms. The first-order valence-electron chi connectivity index (χ1n) is 4.84. The van der Waals surface area contributed by atoms with Crippen LogP contribution < -0.4 is 9.47 Å². The van der Waals surface area contributed by atoms with Crippen LogP contribution in [0.4, 0.5) is 13.2 Å². The van der Waals surface area contributed by atoms with Gasteiger partial charge in [-0.1, -0.05) is 0 Å². The van der Waals surface area contributed by atoms with E-state index < -0.39 is 6.36 Å². The normalized spacial score (nSPS) is 10.8. The minimum Gasteiger partial charge on any atom is -0.494 e. The third-order valence-corrected chi connectivity index (χ3v) is 1.77. The zero-order valence-electron chi connectivity index (χ0n) is 9.04. The van der Waals surface area contributed by atoms with Gasteiger partial charge in [-0.25, -0.2) is 0 Å². The van der Waals surface area contributed by atoms with E-state index >= 15 is 0 Å². The predicted molar refractivity (Wildman–Crippen MR) is 53.6 cm³/mol. The van der Waals surface area contributed by atoms with Gasteiger partial charge in [0, 0.05) is 6.07 Å². The van der Waals surface area contributed by atoms with Gasteiger partial charge in [-0.05, 0) is 24.6 Å². The SMILES string of the molecule is CCOc1cc(CC#N)cc(OC(F)(F)F)c1. The lowest BCUT2D eigenvalue weighted by Gasteiger charge is -2.11. The van der Waals surface area contributed by atoms with Crippen LogP contribution in [0.2, 0.25) is 0 Å². The maximum absolute atomic E-state index is 12.0. The van der Waals surface area contributed by atoms with E-state index in [0.29, 0.717) is 12.2 Å². The molecular formula is C11H10F3NO2. The fraction of sp³-hybridized carbons (Fsp3) is 0.364. The molecule has 17 heavy (non-hydrogen) atoms. The summed E-state index contributed by atoms with van der Waals surface area (Å²) in [5.74, 6) is -0.131. The molecule has 0 fully saturated rings. The van der Waals surface area contributed by atoms with Crippen molar-refractivity contribution < 1.29 is 22.6 Å². The van der Waals surface area contributed by atoms with Crippen molar-refractivity contribution in [3.8, 4) is 17.6 Å². The van der Waals surface area contributed by atoms with Gasteiger partial charge in [0.2, 0.25) is 0 Å². The minimum atomic E-state index is -4.76. The molecule has 0 radical (unpaired) electrons. The zero-order valence-corrected chi connectivity index (χ0v) is 9.04. The second-order valence-electron chi connectivity index (χ2n) is 3.13. The van der Waals surface area contributed by atoms with Crippen LogP contribution in [0.5, 0.6) is 11.5 Å². The molecule has 0 aliphatic carbocycles. The summed E-state index contributed by atoms with van der Waals surface area (Å²) in [6, 6.07) is 5.66. The molecule has 0 unspecified atom stereocenters. The molecule has 1 aromatic carbocycles. The van der Waals surface area contributed by atoms with Gasteiger partial charge in [0.25, 0.3) is 0 Å². The Labute approximate surface area is 96.4 Å². The Hall–Kier alpha value is -1.90. The molecule has 0 bridgehead atoms. The topological polar surface area (TPSA) is 42.2 Å². The van der Waals surface area contributed by atoms with Crippen LogP contribution in [-0.4, -0.2) is 13.0 Å². The van der Waals surface area contributed by atoms with E-state index in [1.54, 1.807) is 6.92 Å². The lowest BCUT2D eigenvalue weighted by Crippen LogP contribution is -2.17. The van der Waals surface area contributed by atoms with E-state index in [9.17, 15) is 13.2 Å². The highest BCUT2D eigenvalue weighted by Crippen LogP contribution is 2.28. The van der Waals surface area contributed by atoms with Gasteiger partial charge in [0.1, 0.15) is 11.5 Å². The highest BCUT2D eigenvalue weighted by Gasteiger charge is 2.31. The molecule has 0 amide bonds. The smallest absolute Gasteiger partial charge is 0.494 e. The van der Waals surface area contributed by atoms with Gasteiger partial charge in [-0.15, -0.1) is 13.2 Å². The standard InChI is InChI=1S/C11H10F3NO2/c1-2-16-9-5-8(3-4-15)6-10(7-9)17-11(12,13)14/h5-7H,2-3H2,1H3. The van der Waals surface area contributed by atoms with E-state index in [2.05, 4.69) is 4.74 Å². The summed E-state index contributed by atoms with van der Waals surface area (Å²) in [7, 11) is 0. The molecule has 1 aromatic rings. The highest BCUT2D eigenvalue weighted by molar-refractivity contribution is 5.39. The maximum Gasteiger partial charge on any atom is 0.573 e. The summed E-state index contributed by atoms with van der Waals surface area (Å²) in [5, 5.41) is 8.51. The molecule has 0 aromatic heterocycles. The van der Waals surface area contributed by atoms with Crippen LogP contribution in [-0.2, 0) is 6.42 Å². The van der Waals surface area contributed by atoms with E-state index in [1.807, 2.05) is 6.07 Å². The second-order valence-corrected chi connectivity index (χ2v) is 3.13. The summed E-state index contributed by atoms with van der Waals surface area (Å²) in [4.78, 5) is 0. The Bertz CT molecular complexity index is 424. The summed E-state index contributed by atoms with van der Waals surface area (Å²) >= 11 is 0. The highest BCUT2D eigenvalue weighted by atomic mass is 19.4. The second kappa shape index (κ2) is 5.43. The number of halogens is 3. The number of hydrogen-bond acceptors (Lipinski definition) is 3. The third-order valence-electron chi connectivity index (χ3n) is 1.77. The lowest BCUT2D eigenvalue weighted by molar-refractivity contribution is -0.274. The third kappa shape index (κ3) is 4.64. The zero-order chi connectivity index (χ0) is 12.9. The molecule has 92 valence electrons. The Morgan fingerprint density at radius 3 is 2.41 bits per heavy atom. The van der Waals surface area contributed by atoms with Crippen molar-refractivity contribution in [1.82, 2.24) is 0 Å². The van der Waals surface area contributed by atoms with Crippen LogP contribution >= 0.6 is 0 Å². The number of rotatable bonds is 4. The van der Waals surface area contributed by atoms with Gasteiger partial charge < -0.3 is 9.47 Å². The van der Waals surface area contributed by atoms with E-state index in [1.165, 1.54) is 12.1 Å². The number of nitrogens with zero attached hydrogens (tertiary/aromatic N) is 1. The van der Waals surface area contributed by atoms with Crippen molar-refractivity contribution in [2.45, 2.75) is 19.7 Å². The quantitative estimate of drug-likeness (QED) is 0.818. The summed E-state index contributed by atoms with van der Waals surface area (Å²) in [5.41, 5.74) is 0.415. The van der Waals surface area contributed by atoms with Crippen molar-refractivity contribution in [1.29, 1.82) is 5.26 Å². The van der Waals surface area contributed by atoms with Gasteiger partial charge in [0.05, 0.1) is 19.1 Å². The van der Waals surface area contributed by atoms with Gasteiger partial charge in [-0.2, -0.15) is 5.26 Å². The maximum atomic E-state index is 12.0. The Balaban J connectivity index is 2.99. The van der Waals surface area contributed by atoms with Crippen LogP contribution in [0.25, 0.3) is 0 Å². The summed E-state index contributed by atoms with van der Waals surface area (Å²) in [6.45, 7) is 2.03. The van der Waals surface area contributed by atoms with E-state index in [4.69, 9.17) is 10.00 Å². The average Bonchev–Trinajstić information content (AvgIpc) is 2.15. The molecule has 0 spiro atoms. The molecular weight excluding hydrogens is 235 g/mol. The van der Waals surface area contributed by atoms with Gasteiger partial charge in [0.15, 0.2) is 0 Å². The van der Waals surface area contributed by atoms with Gasteiger partial charge >= 0.3 is 6.36 Å². The Morgan fingerprint density at radius 1 is 1.24 bits per heavy atom. The molecule has 0 aliphatic heterocycles. The Kier molecular flexibility index (Phi) is 4.21. The van der Waals surface area contributed by atoms with E-state index in [-0.39, 0.29) is 17.9 Å². The van der Waals surface area contributed by atoms with Crippen molar-refractivity contribution in [2.75, 3.05) is 6.61 Å². The van der Waals surface area contributed by atoms with Crippen LogP contribution in [0.3, 0.4) is 0 Å². The monoisotopic (exact) mass is 245 g/mol. The molecule has 0 atom stereocenters. The fourth-order valence-electron chi connectivity index (χ4n) is 1.27. The van der Waals surface area contributed by atoms with Crippen LogP contribution in [0, 0.1) is 11.3 Å². The van der Waals surface area contributed by atoms with E-state index in [0.717, 1.165) is 6.07 Å².